The number of unbranched alkanes of at least 4 members (excludes halogenated alkanes) is 18. The molecule has 0 radical (unpaired) electrons. The Morgan fingerprint density at radius 3 is 1.79 bits per heavy atom. The normalized spacial score (nSPS) is 12.9. The van der Waals surface area contributed by atoms with E-state index in [9.17, 15) is 24.0 Å². The second-order valence-corrected chi connectivity index (χ2v) is 19.2. The van der Waals surface area contributed by atoms with Crippen molar-refractivity contribution >= 4 is 46.1 Å². The van der Waals surface area contributed by atoms with Crippen molar-refractivity contribution in [3.8, 4) is 0 Å². The van der Waals surface area contributed by atoms with Crippen molar-refractivity contribution in [2.45, 2.75) is 232 Å². The molecule has 2 rings (SSSR count). The molecule has 2 amide bonds. The molecule has 0 aliphatic carbocycles. The van der Waals surface area contributed by atoms with Gasteiger partial charge in [0.05, 0.1) is 25.3 Å². The van der Waals surface area contributed by atoms with Crippen LogP contribution >= 0.6 is 11.3 Å². The molecule has 1 aromatic heterocycles. The third-order valence-corrected chi connectivity index (χ3v) is 13.1. The standard InChI is InChI=1S/C51H89N3O8S/c1-6-9-12-15-17-21-28-39-60-47(57)34-25-20-19-24-33-46(56)54-38-36-43-44(41-54)63-50(49(43)51(59)61-40-29-37-53(4)5)52-45(55)32-26-27-35-48(58)62-42(30-22-14-11-8-3)31-23-18-16-13-10-7-2/h42H,6-41H2,1-5H3,(H,52,55). The van der Waals surface area contributed by atoms with Gasteiger partial charge in [0.1, 0.15) is 11.1 Å². The lowest BCUT2D eigenvalue weighted by atomic mass is 10.0. The van der Waals surface area contributed by atoms with Crippen LogP contribution in [0.25, 0.3) is 0 Å². The van der Waals surface area contributed by atoms with Crippen LogP contribution in [0.4, 0.5) is 5.00 Å². The van der Waals surface area contributed by atoms with Gasteiger partial charge >= 0.3 is 17.9 Å². The van der Waals surface area contributed by atoms with E-state index < -0.39 is 5.97 Å². The number of carbonyl (C=O) groups is 5. The highest BCUT2D eigenvalue weighted by Crippen LogP contribution is 2.38. The quantitative estimate of drug-likeness (QED) is 0.0390. The molecule has 0 aromatic carbocycles. The molecule has 0 saturated heterocycles. The lowest BCUT2D eigenvalue weighted by molar-refractivity contribution is -0.150. The van der Waals surface area contributed by atoms with E-state index >= 15 is 0 Å². The Labute approximate surface area is 386 Å². The van der Waals surface area contributed by atoms with Crippen molar-refractivity contribution in [2.75, 3.05) is 45.7 Å². The minimum absolute atomic E-state index is 0.0288. The summed E-state index contributed by atoms with van der Waals surface area (Å²) >= 11 is 1.35. The van der Waals surface area contributed by atoms with Crippen molar-refractivity contribution in [3.05, 3.63) is 16.0 Å². The third kappa shape index (κ3) is 26.5. The van der Waals surface area contributed by atoms with Crippen LogP contribution in [-0.2, 0) is 46.4 Å². The van der Waals surface area contributed by atoms with Crippen molar-refractivity contribution in [2.24, 2.45) is 0 Å². The van der Waals surface area contributed by atoms with Gasteiger partial charge in [-0.2, -0.15) is 0 Å². The van der Waals surface area contributed by atoms with Gasteiger partial charge in [-0.1, -0.05) is 124 Å². The summed E-state index contributed by atoms with van der Waals surface area (Å²) in [5.41, 5.74) is 1.25. The van der Waals surface area contributed by atoms with Gasteiger partial charge in [0.25, 0.3) is 0 Å². The second kappa shape index (κ2) is 36.3. The fourth-order valence-electron chi connectivity index (χ4n) is 8.11. The van der Waals surface area contributed by atoms with Crippen LogP contribution in [0.5, 0.6) is 0 Å². The van der Waals surface area contributed by atoms with Crippen LogP contribution in [0.2, 0.25) is 0 Å². The highest BCUT2D eigenvalue weighted by molar-refractivity contribution is 7.17. The highest BCUT2D eigenvalue weighted by atomic mass is 32.1. The third-order valence-electron chi connectivity index (χ3n) is 12.0. The average Bonchev–Trinajstić information content (AvgIpc) is 3.62. The first kappa shape index (κ1) is 56.1. The Hall–Kier alpha value is -2.99. The molecule has 1 aromatic rings. The van der Waals surface area contributed by atoms with Crippen molar-refractivity contribution < 1.29 is 38.2 Å². The molecule has 1 atom stereocenters. The molecule has 1 N–H and O–H groups in total. The summed E-state index contributed by atoms with van der Waals surface area (Å²) in [5, 5.41) is 3.47. The summed E-state index contributed by atoms with van der Waals surface area (Å²) in [6.45, 7) is 9.10. The number of carbonyl (C=O) groups excluding carboxylic acids is 5. The minimum atomic E-state index is -0.448. The number of hydrogen-bond donors (Lipinski definition) is 1. The van der Waals surface area contributed by atoms with Crippen molar-refractivity contribution in [3.63, 3.8) is 0 Å². The van der Waals surface area contributed by atoms with E-state index in [1.165, 1.54) is 88.4 Å². The van der Waals surface area contributed by atoms with E-state index in [0.717, 1.165) is 87.6 Å². The Bertz CT molecular complexity index is 1410. The van der Waals surface area contributed by atoms with E-state index in [1.807, 2.05) is 23.9 Å². The maximum Gasteiger partial charge on any atom is 0.341 e. The van der Waals surface area contributed by atoms with Gasteiger partial charge in [-0.15, -0.1) is 11.3 Å². The molecular formula is C51H89N3O8S. The van der Waals surface area contributed by atoms with Gasteiger partial charge in [-0.3, -0.25) is 19.2 Å². The average molecular weight is 904 g/mol. The number of fused-ring (bicyclic) bond motifs is 1. The van der Waals surface area contributed by atoms with E-state index in [1.54, 1.807) is 0 Å². The zero-order valence-corrected chi connectivity index (χ0v) is 41.4. The van der Waals surface area contributed by atoms with Crippen LogP contribution in [0.3, 0.4) is 0 Å². The minimum Gasteiger partial charge on any atom is -0.466 e. The van der Waals surface area contributed by atoms with E-state index in [-0.39, 0.29) is 49.3 Å². The maximum atomic E-state index is 13.5. The largest absolute Gasteiger partial charge is 0.466 e. The SMILES string of the molecule is CCCCCCCCCOC(=O)CCCCCCC(=O)N1CCc2c(sc(NC(=O)CCCCC(=O)OC(CCCCCC)CCCCCCCC)c2C(=O)OCCCN(C)C)C1. The Kier molecular flexibility index (Phi) is 32.3. The smallest absolute Gasteiger partial charge is 0.341 e. The number of hydrogen-bond acceptors (Lipinski definition) is 10. The molecular weight excluding hydrogens is 815 g/mol. The van der Waals surface area contributed by atoms with Crippen molar-refractivity contribution in [1.82, 2.24) is 9.80 Å². The predicted molar refractivity (Wildman–Crippen MR) is 257 cm³/mol. The van der Waals surface area contributed by atoms with Gasteiger partial charge in [0.2, 0.25) is 11.8 Å². The molecule has 1 aliphatic rings. The maximum absolute atomic E-state index is 13.5. The second-order valence-electron chi connectivity index (χ2n) is 18.1. The number of anilines is 1. The molecule has 1 aliphatic heterocycles. The number of nitrogens with one attached hydrogen (secondary N) is 1. The Balaban J connectivity index is 1.85. The first-order valence-corrected chi connectivity index (χ1v) is 26.3. The lowest BCUT2D eigenvalue weighted by Gasteiger charge is -2.27. The first-order valence-electron chi connectivity index (χ1n) is 25.5. The van der Waals surface area contributed by atoms with E-state index in [2.05, 4.69) is 26.1 Å². The molecule has 0 spiro atoms. The van der Waals surface area contributed by atoms with Gasteiger partial charge in [0, 0.05) is 43.6 Å². The molecule has 2 heterocycles. The molecule has 0 saturated carbocycles. The molecule has 11 nitrogen and oxygen atoms in total. The van der Waals surface area contributed by atoms with E-state index in [0.29, 0.717) is 68.8 Å². The Morgan fingerprint density at radius 2 is 1.14 bits per heavy atom. The van der Waals surface area contributed by atoms with Crippen LogP contribution in [0, 0.1) is 0 Å². The van der Waals surface area contributed by atoms with Crippen LogP contribution in [0.15, 0.2) is 0 Å². The highest BCUT2D eigenvalue weighted by Gasteiger charge is 2.31. The predicted octanol–water partition coefficient (Wildman–Crippen LogP) is 12.5. The molecule has 63 heavy (non-hydrogen) atoms. The zero-order valence-electron chi connectivity index (χ0n) is 40.6. The number of amides is 2. The summed E-state index contributed by atoms with van der Waals surface area (Å²) in [6.07, 6.45) is 29.0. The Morgan fingerprint density at radius 1 is 0.619 bits per heavy atom. The fraction of sp³-hybridized carbons (Fsp3) is 0.824. The summed E-state index contributed by atoms with van der Waals surface area (Å²) in [4.78, 5) is 69.9. The van der Waals surface area contributed by atoms with Crippen LogP contribution < -0.4 is 5.32 Å². The van der Waals surface area contributed by atoms with E-state index in [4.69, 9.17) is 14.2 Å². The van der Waals surface area contributed by atoms with Gasteiger partial charge in [0.15, 0.2) is 0 Å². The van der Waals surface area contributed by atoms with Crippen LogP contribution in [-0.4, -0.2) is 86.0 Å². The van der Waals surface area contributed by atoms with Gasteiger partial charge in [-0.05, 0) is 90.3 Å². The number of nitrogens with zero attached hydrogens (tertiary/aromatic N) is 2. The fourth-order valence-corrected chi connectivity index (χ4v) is 9.38. The molecule has 362 valence electrons. The van der Waals surface area contributed by atoms with Crippen LogP contribution in [0.1, 0.15) is 234 Å². The lowest BCUT2D eigenvalue weighted by Crippen LogP contribution is -2.35. The molecule has 12 heteroatoms. The zero-order chi connectivity index (χ0) is 45.9. The molecule has 0 bridgehead atoms. The topological polar surface area (TPSA) is 132 Å². The van der Waals surface area contributed by atoms with Crippen molar-refractivity contribution in [1.29, 1.82) is 0 Å². The van der Waals surface area contributed by atoms with Gasteiger partial charge < -0.3 is 29.3 Å². The summed E-state index contributed by atoms with van der Waals surface area (Å²) in [7, 11) is 3.95. The number of esters is 3. The molecule has 0 fully saturated rings. The number of rotatable bonds is 39. The van der Waals surface area contributed by atoms with Gasteiger partial charge in [-0.25, -0.2) is 4.79 Å². The number of thiophene rings is 1. The summed E-state index contributed by atoms with van der Waals surface area (Å²) in [6, 6.07) is 0. The number of ether oxygens (including phenoxy) is 3. The first-order chi connectivity index (χ1) is 30.6. The monoisotopic (exact) mass is 904 g/mol. The summed E-state index contributed by atoms with van der Waals surface area (Å²) in [5.74, 6) is -0.898. The summed E-state index contributed by atoms with van der Waals surface area (Å²) < 4.78 is 17.1. The molecule has 1 unspecified atom stereocenters.